The van der Waals surface area contributed by atoms with Crippen molar-refractivity contribution >= 4 is 45.0 Å². The van der Waals surface area contributed by atoms with E-state index in [1.165, 1.54) is 0 Å². The Hall–Kier alpha value is -3.56. The first-order valence-electron chi connectivity index (χ1n) is 14.2. The van der Waals surface area contributed by atoms with Crippen molar-refractivity contribution in [3.63, 3.8) is 0 Å². The third-order valence-corrected chi connectivity index (χ3v) is 9.44. The molecule has 5 rings (SSSR count). The number of rotatable bonds is 6. The van der Waals surface area contributed by atoms with Gasteiger partial charge in [0.1, 0.15) is 22.1 Å². The summed E-state index contributed by atoms with van der Waals surface area (Å²) < 4.78 is 34.9. The van der Waals surface area contributed by atoms with Crippen LogP contribution >= 0.6 is 22.9 Å². The van der Waals surface area contributed by atoms with E-state index in [9.17, 15) is 18.4 Å². The first kappa shape index (κ1) is 30.9. The number of benzene rings is 2. The van der Waals surface area contributed by atoms with Crippen molar-refractivity contribution in [2.24, 2.45) is 0 Å². The summed E-state index contributed by atoms with van der Waals surface area (Å²) in [5.74, 6) is -1.66. The quantitative estimate of drug-likeness (QED) is 0.215. The first-order chi connectivity index (χ1) is 20.4. The van der Waals surface area contributed by atoms with Gasteiger partial charge in [0, 0.05) is 38.1 Å². The number of amides is 2. The van der Waals surface area contributed by atoms with Gasteiger partial charge in [0.05, 0.1) is 15.1 Å². The van der Waals surface area contributed by atoms with Gasteiger partial charge in [0.25, 0.3) is 5.91 Å². The Labute approximate surface area is 259 Å². The van der Waals surface area contributed by atoms with Crippen molar-refractivity contribution < 1.29 is 23.1 Å². The van der Waals surface area contributed by atoms with Gasteiger partial charge in [-0.15, -0.1) is 11.3 Å². The number of ether oxygens (including phenoxy) is 1. The largest absolute Gasteiger partial charge is 0.444 e. The second kappa shape index (κ2) is 12.6. The number of carbonyl (C=O) groups is 2. The molecule has 0 atom stereocenters. The van der Waals surface area contributed by atoms with Crippen molar-refractivity contribution in [1.29, 1.82) is 0 Å². The van der Waals surface area contributed by atoms with Crippen molar-refractivity contribution in [3.05, 3.63) is 88.0 Å². The van der Waals surface area contributed by atoms with Gasteiger partial charge >= 0.3 is 6.09 Å². The highest BCUT2D eigenvalue weighted by Crippen LogP contribution is 2.40. The number of hydrogen-bond donors (Lipinski definition) is 0. The number of nitrogens with zero attached hydrogens (tertiary/aromatic N) is 3. The summed E-state index contributed by atoms with van der Waals surface area (Å²) in [6.45, 7) is 5.78. The predicted octanol–water partition coefficient (Wildman–Crippen LogP) is 8.72. The molecule has 0 radical (unpaired) electrons. The zero-order valence-corrected chi connectivity index (χ0v) is 26.1. The summed E-state index contributed by atoms with van der Waals surface area (Å²) in [6, 6.07) is 13.6. The number of pyridine rings is 1. The first-order valence-corrected chi connectivity index (χ1v) is 15.4. The molecule has 4 aromatic rings. The number of hydrogen-bond acceptors (Lipinski definition) is 5. The zero-order chi connectivity index (χ0) is 30.9. The van der Waals surface area contributed by atoms with E-state index in [0.717, 1.165) is 40.2 Å². The molecule has 1 aliphatic rings. The minimum atomic E-state index is -0.668. The Bertz CT molecular complexity index is 1630. The third kappa shape index (κ3) is 6.83. The maximum Gasteiger partial charge on any atom is 0.410 e. The molecule has 2 aromatic heterocycles. The smallest absolute Gasteiger partial charge is 0.410 e. The molecule has 1 aliphatic carbocycles. The average molecular weight is 626 g/mol. The predicted molar refractivity (Wildman–Crippen MR) is 166 cm³/mol. The van der Waals surface area contributed by atoms with Gasteiger partial charge in [0.15, 0.2) is 0 Å². The minimum Gasteiger partial charge on any atom is -0.444 e. The summed E-state index contributed by atoms with van der Waals surface area (Å²) in [5, 5.41) is -0.145. The van der Waals surface area contributed by atoms with E-state index in [2.05, 4.69) is 4.98 Å². The minimum absolute atomic E-state index is 0.0238. The van der Waals surface area contributed by atoms with Gasteiger partial charge in [-0.2, -0.15) is 0 Å². The van der Waals surface area contributed by atoms with Crippen LogP contribution in [0.15, 0.2) is 60.9 Å². The number of fused-ring (bicyclic) bond motifs is 1. The molecule has 6 nitrogen and oxygen atoms in total. The van der Waals surface area contributed by atoms with E-state index >= 15 is 0 Å². The molecule has 1 saturated carbocycles. The highest BCUT2D eigenvalue weighted by atomic mass is 35.5. The Balaban J connectivity index is 1.44. The molecule has 0 spiro atoms. The fourth-order valence-electron chi connectivity index (χ4n) is 5.56. The number of thiophene rings is 1. The molecule has 10 heteroatoms. The van der Waals surface area contributed by atoms with Crippen LogP contribution in [0.3, 0.4) is 0 Å². The summed E-state index contributed by atoms with van der Waals surface area (Å²) >= 11 is 7.44. The van der Waals surface area contributed by atoms with Crippen LogP contribution in [-0.2, 0) is 11.3 Å². The van der Waals surface area contributed by atoms with Crippen LogP contribution in [0, 0.1) is 11.6 Å². The highest BCUT2D eigenvalue weighted by molar-refractivity contribution is 7.21. The molecule has 0 bridgehead atoms. The van der Waals surface area contributed by atoms with E-state index in [1.807, 2.05) is 57.2 Å². The third-order valence-electron chi connectivity index (χ3n) is 7.77. The molecule has 0 aliphatic heterocycles. The zero-order valence-electron chi connectivity index (χ0n) is 24.6. The molecule has 2 aromatic carbocycles. The lowest BCUT2D eigenvalue weighted by atomic mass is 9.89. The van der Waals surface area contributed by atoms with E-state index in [1.54, 1.807) is 29.2 Å². The van der Waals surface area contributed by atoms with Crippen LogP contribution in [0.2, 0.25) is 5.02 Å². The summed E-state index contributed by atoms with van der Waals surface area (Å²) in [7, 11) is 1.74. The molecule has 0 N–H and O–H groups in total. The number of aromatic nitrogens is 1. The average Bonchev–Trinajstić information content (AvgIpc) is 3.35. The fourth-order valence-corrected chi connectivity index (χ4v) is 7.07. The summed E-state index contributed by atoms with van der Waals surface area (Å²) in [4.78, 5) is 34.5. The van der Waals surface area contributed by atoms with Crippen LogP contribution in [0.1, 0.15) is 61.7 Å². The SMILES string of the molecule is CN(C(=O)OC(C)(C)C)C1CCC(N(Cc2cccc(-c3ccncc3)c2)C(=O)c2sc3c(F)ccc(F)c3c2Cl)CC1. The molecule has 0 unspecified atom stereocenters. The van der Waals surface area contributed by atoms with E-state index in [-0.39, 0.29) is 50.6 Å². The second-order valence-corrected chi connectivity index (χ2v) is 13.3. The Morgan fingerprint density at radius 1 is 0.977 bits per heavy atom. The standard InChI is InChI=1S/C33H34ClF2N3O3S/c1-33(2,3)42-32(41)38(4)23-8-10-24(11-9-23)39(19-20-6-5-7-22(18-20)21-14-16-37-17-15-21)31(40)30-28(34)27-25(35)12-13-26(36)29(27)43-30/h5-7,12-18,23-24H,8-11,19H2,1-4H3. The van der Waals surface area contributed by atoms with Gasteiger partial charge in [-0.1, -0.05) is 29.8 Å². The molecular formula is C33H34ClF2N3O3S. The Morgan fingerprint density at radius 2 is 1.63 bits per heavy atom. The van der Waals surface area contributed by atoms with Crippen molar-refractivity contribution in [2.75, 3.05) is 7.05 Å². The van der Waals surface area contributed by atoms with Crippen molar-refractivity contribution in [1.82, 2.24) is 14.8 Å². The van der Waals surface area contributed by atoms with Gasteiger partial charge in [-0.05, 0) is 93.5 Å². The van der Waals surface area contributed by atoms with E-state index in [4.69, 9.17) is 16.3 Å². The van der Waals surface area contributed by atoms with Gasteiger partial charge in [-0.3, -0.25) is 9.78 Å². The lowest BCUT2D eigenvalue weighted by Crippen LogP contribution is -2.47. The molecule has 2 heterocycles. The molecule has 0 saturated heterocycles. The van der Waals surface area contributed by atoms with Crippen LogP contribution in [0.25, 0.3) is 21.2 Å². The molecule has 1 fully saturated rings. The topological polar surface area (TPSA) is 62.7 Å². The number of halogens is 3. The van der Waals surface area contributed by atoms with Crippen LogP contribution in [0.4, 0.5) is 13.6 Å². The van der Waals surface area contributed by atoms with Crippen molar-refractivity contribution in [2.45, 2.75) is 70.7 Å². The number of carbonyl (C=O) groups excluding carboxylic acids is 2. The summed E-state index contributed by atoms with van der Waals surface area (Å²) in [5.41, 5.74) is 2.29. The van der Waals surface area contributed by atoms with E-state index < -0.39 is 17.2 Å². The van der Waals surface area contributed by atoms with E-state index in [0.29, 0.717) is 25.7 Å². The Kier molecular flexibility index (Phi) is 9.04. The van der Waals surface area contributed by atoms with Gasteiger partial charge in [0.2, 0.25) is 0 Å². The fraction of sp³-hybridized carbons (Fsp3) is 0.364. The highest BCUT2D eigenvalue weighted by Gasteiger charge is 2.35. The maximum atomic E-state index is 14.7. The normalized spacial score (nSPS) is 17.1. The van der Waals surface area contributed by atoms with Crippen LogP contribution in [0.5, 0.6) is 0 Å². The van der Waals surface area contributed by atoms with Crippen LogP contribution in [-0.4, -0.2) is 51.5 Å². The van der Waals surface area contributed by atoms with Crippen LogP contribution < -0.4 is 0 Å². The summed E-state index contributed by atoms with van der Waals surface area (Å²) in [6.07, 6.45) is 5.70. The molecular weight excluding hydrogens is 592 g/mol. The van der Waals surface area contributed by atoms with Gasteiger partial charge < -0.3 is 14.5 Å². The van der Waals surface area contributed by atoms with Gasteiger partial charge in [-0.25, -0.2) is 13.6 Å². The Morgan fingerprint density at radius 3 is 2.28 bits per heavy atom. The second-order valence-electron chi connectivity index (χ2n) is 11.9. The van der Waals surface area contributed by atoms with Crippen molar-refractivity contribution in [3.8, 4) is 11.1 Å². The molecule has 43 heavy (non-hydrogen) atoms. The molecule has 2 amide bonds. The maximum absolute atomic E-state index is 14.7. The lowest BCUT2D eigenvalue weighted by molar-refractivity contribution is 0.0144. The lowest BCUT2D eigenvalue weighted by Gasteiger charge is -2.40. The molecule has 226 valence electrons. The monoisotopic (exact) mass is 625 g/mol.